The summed E-state index contributed by atoms with van der Waals surface area (Å²) in [6.45, 7) is 2.19. The quantitative estimate of drug-likeness (QED) is 0.435. The van der Waals surface area contributed by atoms with Gasteiger partial charge in [0.15, 0.2) is 0 Å². The molecular weight excluding hydrogens is 419 g/mol. The van der Waals surface area contributed by atoms with E-state index in [2.05, 4.69) is 4.98 Å². The van der Waals surface area contributed by atoms with Crippen molar-refractivity contribution in [3.05, 3.63) is 77.0 Å². The zero-order chi connectivity index (χ0) is 22.9. The van der Waals surface area contributed by atoms with Crippen LogP contribution >= 0.6 is 0 Å². The number of aromatic nitrogens is 2. The van der Waals surface area contributed by atoms with Crippen LogP contribution in [0.5, 0.6) is 5.75 Å². The van der Waals surface area contributed by atoms with Crippen LogP contribution < -0.4 is 4.74 Å². The molecule has 170 valence electrons. The molecule has 5 nitrogen and oxygen atoms in total. The maximum atomic E-state index is 14.5. The van der Waals surface area contributed by atoms with Crippen molar-refractivity contribution in [1.29, 1.82) is 0 Å². The molecular formula is C27H27FN2O3. The molecule has 2 aliphatic rings. The molecule has 0 spiro atoms. The number of carboxylic acid groups (broad SMARTS) is 1. The van der Waals surface area contributed by atoms with Gasteiger partial charge in [-0.1, -0.05) is 23.8 Å². The van der Waals surface area contributed by atoms with Crippen molar-refractivity contribution < 1.29 is 19.0 Å². The third kappa shape index (κ3) is 5.05. The highest BCUT2D eigenvalue weighted by atomic mass is 19.1. The van der Waals surface area contributed by atoms with Crippen molar-refractivity contribution in [3.63, 3.8) is 0 Å². The number of aryl methyl sites for hydroxylation is 1. The number of aliphatic carboxylic acids is 1. The average molecular weight is 447 g/mol. The van der Waals surface area contributed by atoms with Crippen LogP contribution in [-0.4, -0.2) is 21.0 Å². The summed E-state index contributed by atoms with van der Waals surface area (Å²) < 4.78 is 20.5. The minimum atomic E-state index is -0.772. The third-order valence-electron chi connectivity index (χ3n) is 6.45. The van der Waals surface area contributed by atoms with E-state index in [0.717, 1.165) is 42.5 Å². The van der Waals surface area contributed by atoms with Gasteiger partial charge in [0.2, 0.25) is 0 Å². The predicted octanol–water partition coefficient (Wildman–Crippen LogP) is 6.02. The lowest BCUT2D eigenvalue weighted by Crippen LogP contribution is -2.09. The van der Waals surface area contributed by atoms with Gasteiger partial charge in [0.1, 0.15) is 18.2 Å². The maximum Gasteiger partial charge on any atom is 0.303 e. The van der Waals surface area contributed by atoms with E-state index in [4.69, 9.17) is 9.72 Å². The summed E-state index contributed by atoms with van der Waals surface area (Å²) >= 11 is 0. The summed E-state index contributed by atoms with van der Waals surface area (Å²) in [6.07, 6.45) is 6.03. The van der Waals surface area contributed by atoms with Gasteiger partial charge >= 0.3 is 5.97 Å². The highest BCUT2D eigenvalue weighted by molar-refractivity contribution is 5.68. The van der Waals surface area contributed by atoms with Crippen LogP contribution in [0.4, 0.5) is 4.39 Å². The van der Waals surface area contributed by atoms with E-state index >= 15 is 0 Å². The minimum Gasteiger partial charge on any atom is -0.487 e. The Hall–Kier alpha value is -3.28. The lowest BCUT2D eigenvalue weighted by atomic mass is 9.91. The molecule has 1 atom stereocenters. The molecule has 0 amide bonds. The topological polar surface area (TPSA) is 72.3 Å². The van der Waals surface area contributed by atoms with Crippen molar-refractivity contribution in [1.82, 2.24) is 9.97 Å². The molecule has 0 bridgehead atoms. The summed E-state index contributed by atoms with van der Waals surface area (Å²) in [5.74, 6) is 0.405. The second kappa shape index (κ2) is 8.93. The Kier molecular flexibility index (Phi) is 5.83. The Morgan fingerprint density at radius 1 is 1.18 bits per heavy atom. The lowest BCUT2D eigenvalue weighted by molar-refractivity contribution is -0.137. The molecule has 2 saturated carbocycles. The van der Waals surface area contributed by atoms with Crippen LogP contribution in [0, 0.1) is 18.7 Å². The number of hydrogen-bond acceptors (Lipinski definition) is 4. The fraction of sp³-hybridized carbons (Fsp3) is 0.370. The van der Waals surface area contributed by atoms with Gasteiger partial charge in [0.05, 0.1) is 29.7 Å². The van der Waals surface area contributed by atoms with Gasteiger partial charge in [0.25, 0.3) is 0 Å². The molecule has 33 heavy (non-hydrogen) atoms. The van der Waals surface area contributed by atoms with Crippen LogP contribution in [-0.2, 0) is 11.4 Å². The number of benzene rings is 2. The Bertz CT molecular complexity index is 1190. The second-order valence-corrected chi connectivity index (χ2v) is 9.26. The lowest BCUT2D eigenvalue weighted by Gasteiger charge is -2.16. The fourth-order valence-electron chi connectivity index (χ4n) is 4.42. The van der Waals surface area contributed by atoms with Gasteiger partial charge in [-0.15, -0.1) is 0 Å². The normalized spacial score (nSPS) is 16.4. The molecule has 0 unspecified atom stereocenters. The molecule has 6 heteroatoms. The summed E-state index contributed by atoms with van der Waals surface area (Å²) in [6, 6.07) is 12.8. The van der Waals surface area contributed by atoms with Crippen LogP contribution in [0.1, 0.15) is 66.5 Å². The SMILES string of the molecule is Cc1ccc(F)c(-c2ncc(COc3cccc([C@@H](CC(=O)O)C4CC4)c3)nc2C2CC2)c1. The number of carbonyl (C=O) groups is 1. The van der Waals surface area contributed by atoms with E-state index < -0.39 is 5.97 Å². The molecule has 2 fully saturated rings. The zero-order valence-corrected chi connectivity index (χ0v) is 18.6. The molecule has 2 aliphatic carbocycles. The van der Waals surface area contributed by atoms with Crippen LogP contribution in [0.15, 0.2) is 48.7 Å². The van der Waals surface area contributed by atoms with Gasteiger partial charge in [-0.25, -0.2) is 4.39 Å². The molecule has 0 aliphatic heterocycles. The first-order valence-electron chi connectivity index (χ1n) is 11.5. The van der Waals surface area contributed by atoms with Crippen LogP contribution in [0.3, 0.4) is 0 Å². The average Bonchev–Trinajstić information content (AvgIpc) is 3.70. The van der Waals surface area contributed by atoms with Crippen LogP contribution in [0.2, 0.25) is 0 Å². The smallest absolute Gasteiger partial charge is 0.303 e. The second-order valence-electron chi connectivity index (χ2n) is 9.26. The zero-order valence-electron chi connectivity index (χ0n) is 18.6. The highest BCUT2D eigenvalue weighted by Gasteiger charge is 2.34. The minimum absolute atomic E-state index is 0.0239. The predicted molar refractivity (Wildman–Crippen MR) is 123 cm³/mol. The number of rotatable bonds is 9. The molecule has 1 N–H and O–H groups in total. The first-order chi connectivity index (χ1) is 16.0. The van der Waals surface area contributed by atoms with Gasteiger partial charge in [-0.05, 0) is 74.3 Å². The molecule has 1 heterocycles. The summed E-state index contributed by atoms with van der Waals surface area (Å²) in [7, 11) is 0. The fourth-order valence-corrected chi connectivity index (χ4v) is 4.42. The molecule has 0 saturated heterocycles. The Morgan fingerprint density at radius 3 is 2.73 bits per heavy atom. The number of halogens is 1. The van der Waals surface area contributed by atoms with Gasteiger partial charge in [0, 0.05) is 11.5 Å². The standard InChI is InChI=1S/C27H27FN2O3/c1-16-5-10-24(28)23(11-16)27-26(18-8-9-18)30-20(14-29-27)15-33-21-4-2-3-19(12-21)22(13-25(31)32)17-6-7-17/h2-5,10-12,14,17-18,22H,6-9,13,15H2,1H3,(H,31,32)/t22-/m0/s1. The van der Waals surface area contributed by atoms with Crippen molar-refractivity contribution >= 4 is 5.97 Å². The van der Waals surface area contributed by atoms with E-state index in [1.54, 1.807) is 12.3 Å². The van der Waals surface area contributed by atoms with E-state index in [9.17, 15) is 14.3 Å². The van der Waals surface area contributed by atoms with Gasteiger partial charge in [-0.2, -0.15) is 0 Å². The monoisotopic (exact) mass is 446 g/mol. The van der Waals surface area contributed by atoms with E-state index in [0.29, 0.717) is 34.5 Å². The maximum absolute atomic E-state index is 14.5. The molecule has 3 aromatic rings. The van der Waals surface area contributed by atoms with Gasteiger partial charge in [-0.3, -0.25) is 14.8 Å². The van der Waals surface area contributed by atoms with Crippen molar-refractivity contribution in [2.24, 2.45) is 5.92 Å². The van der Waals surface area contributed by atoms with E-state index in [-0.39, 0.29) is 24.8 Å². The van der Waals surface area contributed by atoms with Crippen molar-refractivity contribution in [3.8, 4) is 17.0 Å². The van der Waals surface area contributed by atoms with Gasteiger partial charge < -0.3 is 9.84 Å². The van der Waals surface area contributed by atoms with Crippen molar-refractivity contribution in [2.75, 3.05) is 0 Å². The van der Waals surface area contributed by atoms with E-state index in [1.807, 2.05) is 37.3 Å². The first kappa shape index (κ1) is 21.6. The number of hydrogen-bond donors (Lipinski definition) is 1. The Labute approximate surface area is 192 Å². The summed E-state index contributed by atoms with van der Waals surface area (Å²) in [4.78, 5) is 20.7. The summed E-state index contributed by atoms with van der Waals surface area (Å²) in [5.41, 5.74) is 4.63. The Morgan fingerprint density at radius 2 is 2.00 bits per heavy atom. The molecule has 0 radical (unpaired) electrons. The first-order valence-corrected chi connectivity index (χ1v) is 11.5. The largest absolute Gasteiger partial charge is 0.487 e. The number of ether oxygens (including phenoxy) is 1. The molecule has 5 rings (SSSR count). The van der Waals surface area contributed by atoms with E-state index in [1.165, 1.54) is 6.07 Å². The highest BCUT2D eigenvalue weighted by Crippen LogP contribution is 2.45. The molecule has 2 aromatic carbocycles. The molecule has 1 aromatic heterocycles. The third-order valence-corrected chi connectivity index (χ3v) is 6.45. The summed E-state index contributed by atoms with van der Waals surface area (Å²) in [5, 5.41) is 9.29. The number of nitrogens with zero attached hydrogens (tertiary/aromatic N) is 2. The van der Waals surface area contributed by atoms with Crippen molar-refractivity contribution in [2.45, 2.75) is 57.5 Å². The number of carboxylic acids is 1. The van der Waals surface area contributed by atoms with Crippen LogP contribution in [0.25, 0.3) is 11.3 Å². The Balaban J connectivity index is 1.35.